The maximum Gasteiger partial charge on any atom is 0.573 e. The molecular formula is C21H13F4N5O. The van der Waals surface area contributed by atoms with Gasteiger partial charge in [-0.3, -0.25) is 0 Å². The fraction of sp³-hybridized carbons (Fsp3) is 0.0952. The molecule has 3 aromatic rings. The second kappa shape index (κ2) is 7.08. The van der Waals surface area contributed by atoms with E-state index in [1.54, 1.807) is 29.2 Å². The number of benzene rings is 2. The molecule has 3 heterocycles. The van der Waals surface area contributed by atoms with E-state index in [1.165, 1.54) is 0 Å². The van der Waals surface area contributed by atoms with E-state index in [0.717, 1.165) is 29.2 Å². The minimum atomic E-state index is -4.86. The van der Waals surface area contributed by atoms with Crippen molar-refractivity contribution < 1.29 is 22.3 Å². The molecule has 0 atom stereocenters. The Morgan fingerprint density at radius 3 is 2.65 bits per heavy atom. The molecule has 0 N–H and O–H groups in total. The summed E-state index contributed by atoms with van der Waals surface area (Å²) in [6.07, 6.45) is -1.28. The molecule has 0 radical (unpaired) electrons. The first-order valence-electron chi connectivity index (χ1n) is 9.16. The molecule has 156 valence electrons. The van der Waals surface area contributed by atoms with Gasteiger partial charge in [-0.05, 0) is 42.5 Å². The fourth-order valence-electron chi connectivity index (χ4n) is 3.37. The van der Waals surface area contributed by atoms with Gasteiger partial charge >= 0.3 is 6.36 Å². The summed E-state index contributed by atoms with van der Waals surface area (Å²) in [5, 5.41) is 8.27. The van der Waals surface area contributed by atoms with Crippen molar-refractivity contribution >= 4 is 11.0 Å². The molecule has 0 aliphatic carbocycles. The van der Waals surface area contributed by atoms with Gasteiger partial charge in [-0.15, -0.1) is 18.3 Å². The molecule has 0 unspecified atom stereocenters. The molecule has 0 spiro atoms. The molecule has 0 saturated heterocycles. The summed E-state index contributed by atoms with van der Waals surface area (Å²) in [6, 6.07) is 13.7. The van der Waals surface area contributed by atoms with Crippen LogP contribution in [0.25, 0.3) is 33.5 Å². The van der Waals surface area contributed by atoms with Crippen molar-refractivity contribution in [2.75, 3.05) is 0 Å². The Morgan fingerprint density at radius 1 is 0.968 bits per heavy atom. The number of halogens is 4. The number of rotatable bonds is 4. The number of alkyl halides is 3. The summed E-state index contributed by atoms with van der Waals surface area (Å²) in [5.74, 6) is -1.21. The lowest BCUT2D eigenvalue weighted by atomic mass is 10.1. The zero-order valence-electron chi connectivity index (χ0n) is 15.7. The van der Waals surface area contributed by atoms with Crippen molar-refractivity contribution in [3.63, 3.8) is 0 Å². The van der Waals surface area contributed by atoms with Crippen molar-refractivity contribution in [2.24, 2.45) is 0 Å². The fourth-order valence-corrected chi connectivity index (χ4v) is 3.37. The monoisotopic (exact) mass is 427 g/mol. The lowest BCUT2D eigenvalue weighted by molar-refractivity contribution is -0.274. The number of aromatic nitrogens is 5. The van der Waals surface area contributed by atoms with Crippen molar-refractivity contribution in [1.82, 2.24) is 24.5 Å². The lowest BCUT2D eigenvalue weighted by Crippen LogP contribution is -2.17. The second-order valence-electron chi connectivity index (χ2n) is 6.85. The maximum absolute atomic E-state index is 14.3. The van der Waals surface area contributed by atoms with Gasteiger partial charge in [0.2, 0.25) is 0 Å². The molecule has 0 fully saturated rings. The van der Waals surface area contributed by atoms with Crippen LogP contribution in [0.4, 0.5) is 17.6 Å². The van der Waals surface area contributed by atoms with E-state index in [2.05, 4.69) is 20.0 Å². The third kappa shape index (κ3) is 3.79. The van der Waals surface area contributed by atoms with Gasteiger partial charge in [-0.2, -0.15) is 0 Å². The minimum Gasteiger partial charge on any atom is -0.406 e. The van der Waals surface area contributed by atoms with Gasteiger partial charge < -0.3 is 9.30 Å². The number of pyridine rings is 1. The van der Waals surface area contributed by atoms with Crippen LogP contribution in [0.2, 0.25) is 0 Å². The highest BCUT2D eigenvalue weighted by atomic mass is 19.4. The number of para-hydroxylation sites is 1. The summed E-state index contributed by atoms with van der Waals surface area (Å²) < 4.78 is 59.3. The van der Waals surface area contributed by atoms with E-state index in [0.29, 0.717) is 17.9 Å². The molecule has 1 aromatic heterocycles. The molecule has 6 nitrogen and oxygen atoms in total. The zero-order valence-corrected chi connectivity index (χ0v) is 15.7. The summed E-state index contributed by atoms with van der Waals surface area (Å²) in [5.41, 5.74) is 3.06. The predicted octanol–water partition coefficient (Wildman–Crippen LogP) is 4.94. The molecule has 5 rings (SSSR count). The quantitative estimate of drug-likeness (QED) is 0.381. The van der Waals surface area contributed by atoms with Crippen LogP contribution in [-0.2, 0) is 6.67 Å². The van der Waals surface area contributed by atoms with Crippen molar-refractivity contribution in [2.45, 2.75) is 13.0 Å². The van der Waals surface area contributed by atoms with E-state index in [4.69, 9.17) is 0 Å². The maximum atomic E-state index is 14.3. The first-order chi connectivity index (χ1) is 14.9. The average molecular weight is 427 g/mol. The highest BCUT2D eigenvalue weighted by Crippen LogP contribution is 2.33. The summed E-state index contributed by atoms with van der Waals surface area (Å²) in [7, 11) is 0. The molecule has 0 bridgehead atoms. The van der Waals surface area contributed by atoms with Crippen molar-refractivity contribution in [3.05, 3.63) is 72.8 Å². The summed E-state index contributed by atoms with van der Waals surface area (Å²) >= 11 is 0. The first-order valence-corrected chi connectivity index (χ1v) is 9.16. The van der Waals surface area contributed by atoms with E-state index < -0.39 is 17.9 Å². The SMILES string of the molecule is Fc1ccc(OC(F)(F)F)cc1-c1cc2cn(Cn3nnc4ccccc43)ccc-2n1. The van der Waals surface area contributed by atoms with Gasteiger partial charge in [0.25, 0.3) is 0 Å². The lowest BCUT2D eigenvalue weighted by Gasteiger charge is -2.10. The highest BCUT2D eigenvalue weighted by Gasteiger charge is 2.31. The Balaban J connectivity index is 1.48. The van der Waals surface area contributed by atoms with Crippen LogP contribution in [0, 0.1) is 5.82 Å². The van der Waals surface area contributed by atoms with Gasteiger partial charge in [-0.1, -0.05) is 17.3 Å². The normalized spacial score (nSPS) is 12.0. The van der Waals surface area contributed by atoms with E-state index in [1.807, 2.05) is 28.8 Å². The molecular weight excluding hydrogens is 414 g/mol. The Hall–Kier alpha value is -3.95. The third-order valence-electron chi connectivity index (χ3n) is 4.72. The van der Waals surface area contributed by atoms with Crippen LogP contribution in [0.1, 0.15) is 0 Å². The van der Waals surface area contributed by atoms with Crippen LogP contribution in [-0.4, -0.2) is 30.9 Å². The van der Waals surface area contributed by atoms with Crippen LogP contribution >= 0.6 is 0 Å². The molecule has 2 aromatic carbocycles. The summed E-state index contributed by atoms with van der Waals surface area (Å²) in [4.78, 5) is 4.34. The third-order valence-corrected chi connectivity index (χ3v) is 4.72. The Bertz CT molecular complexity index is 1360. The predicted molar refractivity (Wildman–Crippen MR) is 104 cm³/mol. The average Bonchev–Trinajstić information content (AvgIpc) is 3.32. The molecule has 2 aliphatic rings. The van der Waals surface area contributed by atoms with Gasteiger partial charge in [-0.25, -0.2) is 14.1 Å². The van der Waals surface area contributed by atoms with Gasteiger partial charge in [0.15, 0.2) is 0 Å². The minimum absolute atomic E-state index is 0.0771. The largest absolute Gasteiger partial charge is 0.573 e. The van der Waals surface area contributed by atoms with E-state index in [9.17, 15) is 17.6 Å². The first kappa shape index (κ1) is 19.0. The Morgan fingerprint density at radius 2 is 1.81 bits per heavy atom. The Labute approximate surface area is 172 Å². The number of nitrogens with zero attached hydrogens (tertiary/aromatic N) is 5. The second-order valence-corrected chi connectivity index (χ2v) is 6.85. The van der Waals surface area contributed by atoms with Gasteiger partial charge in [0.1, 0.15) is 23.8 Å². The van der Waals surface area contributed by atoms with Crippen LogP contribution in [0.3, 0.4) is 0 Å². The van der Waals surface area contributed by atoms with Gasteiger partial charge in [0, 0.05) is 23.5 Å². The number of ether oxygens (including phenoxy) is 1. The van der Waals surface area contributed by atoms with Crippen molar-refractivity contribution in [1.29, 1.82) is 0 Å². The van der Waals surface area contributed by atoms with Crippen LogP contribution in [0.5, 0.6) is 5.75 Å². The number of hydrogen-bond acceptors (Lipinski definition) is 4. The zero-order chi connectivity index (χ0) is 21.6. The van der Waals surface area contributed by atoms with Crippen LogP contribution < -0.4 is 4.74 Å². The Kier molecular flexibility index (Phi) is 4.35. The van der Waals surface area contributed by atoms with Crippen molar-refractivity contribution in [3.8, 4) is 28.3 Å². The van der Waals surface area contributed by atoms with E-state index in [-0.39, 0.29) is 11.3 Å². The van der Waals surface area contributed by atoms with Crippen LogP contribution in [0.15, 0.2) is 67.0 Å². The summed E-state index contributed by atoms with van der Waals surface area (Å²) in [6.45, 7) is 0.389. The topological polar surface area (TPSA) is 57.8 Å². The number of hydrogen-bond donors (Lipinski definition) is 0. The van der Waals surface area contributed by atoms with E-state index >= 15 is 0 Å². The molecule has 10 heteroatoms. The van der Waals surface area contributed by atoms with Gasteiger partial charge in [0.05, 0.1) is 16.9 Å². The molecule has 0 amide bonds. The molecule has 2 aliphatic heterocycles. The number of fused-ring (bicyclic) bond motifs is 2. The smallest absolute Gasteiger partial charge is 0.406 e. The highest BCUT2D eigenvalue weighted by molar-refractivity contribution is 5.75. The standard InChI is InChI=1S/C21H13F4N5O/c22-16-6-5-14(31-21(23,24)25)10-15(16)19-9-13-11-29(8-7-17(13)26-19)12-30-20-4-2-1-3-18(20)27-28-30/h1-11H,12H2. The molecule has 0 saturated carbocycles. The molecule has 31 heavy (non-hydrogen) atoms.